The zero-order chi connectivity index (χ0) is 11.9. The molecular formula is C17H18Hf-2. The molecule has 0 heterocycles. The first kappa shape index (κ1) is 15.1. The zero-order valence-electron chi connectivity index (χ0n) is 10.8. The van der Waals surface area contributed by atoms with Crippen LogP contribution in [0.4, 0.5) is 0 Å². The van der Waals surface area contributed by atoms with Crippen molar-refractivity contribution in [2.45, 2.75) is 19.8 Å². The van der Waals surface area contributed by atoms with Crippen LogP contribution in [0.2, 0.25) is 0 Å². The Morgan fingerprint density at radius 2 is 1.72 bits per heavy atom. The van der Waals surface area contributed by atoms with Crippen LogP contribution in [0.25, 0.3) is 10.8 Å². The van der Waals surface area contributed by atoms with E-state index in [0.717, 1.165) is 0 Å². The zero-order valence-corrected chi connectivity index (χ0v) is 14.4. The first-order valence-corrected chi connectivity index (χ1v) is 6.21. The Hall–Kier alpha value is -0.950. The SMILES string of the molecule is CCC[c-]1cccc1.[Hf].c1ccc2[cH-]ccc2c1. The van der Waals surface area contributed by atoms with Gasteiger partial charge >= 0.3 is 0 Å². The Morgan fingerprint density at radius 1 is 1.00 bits per heavy atom. The average molecular weight is 401 g/mol. The molecule has 0 aliphatic rings. The van der Waals surface area contributed by atoms with Crippen molar-refractivity contribution in [3.05, 3.63) is 72.3 Å². The summed E-state index contributed by atoms with van der Waals surface area (Å²) in [5, 5.41) is 2.66. The fourth-order valence-corrected chi connectivity index (χ4v) is 1.94. The third-order valence-corrected chi connectivity index (χ3v) is 2.82. The summed E-state index contributed by atoms with van der Waals surface area (Å²) in [4.78, 5) is 0. The molecule has 3 rings (SSSR count). The molecule has 0 amide bonds. The maximum absolute atomic E-state index is 2.20. The maximum atomic E-state index is 2.20. The molecule has 92 valence electrons. The second-order valence-corrected chi connectivity index (χ2v) is 4.20. The molecule has 0 saturated heterocycles. The van der Waals surface area contributed by atoms with E-state index >= 15 is 0 Å². The number of aryl methyl sites for hydroxylation is 1. The minimum absolute atomic E-state index is 0. The number of hydrogen-bond donors (Lipinski definition) is 0. The summed E-state index contributed by atoms with van der Waals surface area (Å²) in [6, 6.07) is 23.2. The van der Waals surface area contributed by atoms with Gasteiger partial charge in [-0.05, 0) is 0 Å². The molecular weight excluding hydrogens is 383 g/mol. The normalized spacial score (nSPS) is 9.39. The Kier molecular flexibility index (Phi) is 6.89. The predicted molar refractivity (Wildman–Crippen MR) is 75.6 cm³/mol. The van der Waals surface area contributed by atoms with E-state index in [0.29, 0.717) is 0 Å². The van der Waals surface area contributed by atoms with Crippen molar-refractivity contribution in [3.63, 3.8) is 0 Å². The van der Waals surface area contributed by atoms with Gasteiger partial charge in [0.05, 0.1) is 0 Å². The first-order chi connectivity index (χ1) is 8.40. The van der Waals surface area contributed by atoms with Crippen molar-refractivity contribution in [2.75, 3.05) is 0 Å². The molecule has 3 aromatic rings. The second kappa shape index (κ2) is 8.20. The van der Waals surface area contributed by atoms with Crippen molar-refractivity contribution in [1.29, 1.82) is 0 Å². The van der Waals surface area contributed by atoms with E-state index in [1.54, 1.807) is 0 Å². The van der Waals surface area contributed by atoms with E-state index in [2.05, 4.69) is 73.7 Å². The van der Waals surface area contributed by atoms with Gasteiger partial charge in [0.1, 0.15) is 0 Å². The van der Waals surface area contributed by atoms with Crippen molar-refractivity contribution >= 4 is 10.8 Å². The van der Waals surface area contributed by atoms with Gasteiger partial charge in [0.15, 0.2) is 0 Å². The van der Waals surface area contributed by atoms with Gasteiger partial charge in [-0.2, -0.15) is 35.2 Å². The average Bonchev–Trinajstić information content (AvgIpc) is 3.00. The monoisotopic (exact) mass is 402 g/mol. The van der Waals surface area contributed by atoms with Crippen LogP contribution >= 0.6 is 0 Å². The van der Waals surface area contributed by atoms with Crippen LogP contribution in [-0.2, 0) is 32.3 Å². The number of fused-ring (bicyclic) bond motifs is 1. The molecule has 0 bridgehead atoms. The Labute approximate surface area is 128 Å². The predicted octanol–water partition coefficient (Wildman–Crippen LogP) is 4.91. The van der Waals surface area contributed by atoms with Gasteiger partial charge in [-0.25, -0.2) is 12.1 Å². The van der Waals surface area contributed by atoms with E-state index in [1.165, 1.54) is 29.2 Å². The Morgan fingerprint density at radius 3 is 2.39 bits per heavy atom. The molecule has 0 fully saturated rings. The summed E-state index contributed by atoms with van der Waals surface area (Å²) in [7, 11) is 0. The molecule has 18 heavy (non-hydrogen) atoms. The van der Waals surface area contributed by atoms with Gasteiger partial charge < -0.3 is 0 Å². The van der Waals surface area contributed by atoms with E-state index in [4.69, 9.17) is 0 Å². The minimum Gasteiger partial charge on any atom is -0.213 e. The van der Waals surface area contributed by atoms with Gasteiger partial charge in [0.2, 0.25) is 0 Å². The first-order valence-electron chi connectivity index (χ1n) is 6.21. The van der Waals surface area contributed by atoms with E-state index in [-0.39, 0.29) is 25.8 Å². The Bertz CT molecular complexity index is 501. The number of hydrogen-bond acceptors (Lipinski definition) is 0. The van der Waals surface area contributed by atoms with Gasteiger partial charge in [-0.1, -0.05) is 25.8 Å². The van der Waals surface area contributed by atoms with Crippen LogP contribution in [0, 0.1) is 0 Å². The van der Waals surface area contributed by atoms with Crippen LogP contribution in [-0.4, -0.2) is 0 Å². The summed E-state index contributed by atoms with van der Waals surface area (Å²) in [6.45, 7) is 2.20. The summed E-state index contributed by atoms with van der Waals surface area (Å²) in [5.74, 6) is 0. The van der Waals surface area contributed by atoms with Crippen LogP contribution in [0.1, 0.15) is 18.9 Å². The smallest absolute Gasteiger partial charge is 0 e. The van der Waals surface area contributed by atoms with Crippen molar-refractivity contribution < 1.29 is 25.8 Å². The van der Waals surface area contributed by atoms with Crippen molar-refractivity contribution in [3.8, 4) is 0 Å². The maximum Gasteiger partial charge on any atom is 0 e. The molecule has 0 radical (unpaired) electrons. The molecule has 0 spiro atoms. The minimum atomic E-state index is 0. The fourth-order valence-electron chi connectivity index (χ4n) is 1.94. The molecule has 0 unspecified atom stereocenters. The van der Waals surface area contributed by atoms with Crippen LogP contribution in [0.5, 0.6) is 0 Å². The van der Waals surface area contributed by atoms with E-state index < -0.39 is 0 Å². The number of benzene rings is 1. The van der Waals surface area contributed by atoms with E-state index in [9.17, 15) is 0 Å². The molecule has 3 aromatic carbocycles. The summed E-state index contributed by atoms with van der Waals surface area (Å²) >= 11 is 0. The van der Waals surface area contributed by atoms with Crippen LogP contribution < -0.4 is 0 Å². The van der Waals surface area contributed by atoms with Gasteiger partial charge in [0, 0.05) is 25.8 Å². The van der Waals surface area contributed by atoms with E-state index in [1.807, 2.05) is 0 Å². The number of rotatable bonds is 2. The summed E-state index contributed by atoms with van der Waals surface area (Å²) in [5.41, 5.74) is 1.47. The second-order valence-electron chi connectivity index (χ2n) is 4.20. The van der Waals surface area contributed by atoms with Gasteiger partial charge in [-0.15, -0.1) is 29.7 Å². The standard InChI is InChI=1S/C9H7.C8H11.Hf/c1-2-5-9-7-3-6-8(9)4-1;1-2-5-8-6-3-4-7-8;/h1-7H;3-4,6-7H,2,5H2,1H3;/q2*-1;. The van der Waals surface area contributed by atoms with Crippen LogP contribution in [0.3, 0.4) is 0 Å². The topological polar surface area (TPSA) is 0 Å². The molecule has 0 saturated carbocycles. The quantitative estimate of drug-likeness (QED) is 0.423. The third-order valence-electron chi connectivity index (χ3n) is 2.82. The largest absolute Gasteiger partial charge is 0.213 e. The molecule has 0 aliphatic carbocycles. The third kappa shape index (κ3) is 4.38. The van der Waals surface area contributed by atoms with Gasteiger partial charge in [0.25, 0.3) is 0 Å². The Balaban J connectivity index is 0.000000172. The van der Waals surface area contributed by atoms with Gasteiger partial charge in [-0.3, -0.25) is 0 Å². The molecule has 0 aromatic heterocycles. The molecule has 0 N–H and O–H groups in total. The summed E-state index contributed by atoms with van der Waals surface area (Å²) < 4.78 is 0. The van der Waals surface area contributed by atoms with Crippen molar-refractivity contribution in [2.24, 2.45) is 0 Å². The molecule has 0 nitrogen and oxygen atoms in total. The fraction of sp³-hybridized carbons (Fsp3) is 0.176. The molecule has 0 aliphatic heterocycles. The van der Waals surface area contributed by atoms with Crippen LogP contribution in [0.15, 0.2) is 66.7 Å². The van der Waals surface area contributed by atoms with Crippen molar-refractivity contribution in [1.82, 2.24) is 0 Å². The summed E-state index contributed by atoms with van der Waals surface area (Å²) in [6.07, 6.45) is 2.48. The molecule has 1 heteroatoms. The molecule has 0 atom stereocenters.